The average Bonchev–Trinajstić information content (AvgIpc) is 2.15. The summed E-state index contributed by atoms with van der Waals surface area (Å²) in [5.41, 5.74) is -1.66. The highest BCUT2D eigenvalue weighted by molar-refractivity contribution is 5.94. The van der Waals surface area contributed by atoms with Crippen molar-refractivity contribution in [3.63, 3.8) is 0 Å². The molecular formula is C10H8F4O2. The number of halogens is 4. The van der Waals surface area contributed by atoms with Crippen LogP contribution in [-0.4, -0.2) is 12.9 Å². The number of ether oxygens (including phenoxy) is 1. The molecular weight excluding hydrogens is 228 g/mol. The first-order valence-electron chi connectivity index (χ1n) is 4.23. The average molecular weight is 236 g/mol. The molecule has 0 aliphatic rings. The molecule has 1 rings (SSSR count). The fourth-order valence-corrected chi connectivity index (χ4v) is 1.25. The molecule has 0 bridgehead atoms. The lowest BCUT2D eigenvalue weighted by molar-refractivity contribution is -0.139. The molecule has 0 spiro atoms. The van der Waals surface area contributed by atoms with Crippen LogP contribution < -0.4 is 4.74 Å². The fraction of sp³-hybridized carbons (Fsp3) is 0.300. The van der Waals surface area contributed by atoms with Gasteiger partial charge in [0.1, 0.15) is 5.56 Å². The molecule has 0 aromatic heterocycles. The highest BCUT2D eigenvalue weighted by atomic mass is 19.4. The standard InChI is InChI=1S/C10H8F4O2/c1-5(15)6-3-4-7(10(12,13)14)9(16-2)8(6)11/h3-4H,1-2H3. The predicted molar refractivity (Wildman–Crippen MR) is 48.0 cm³/mol. The third kappa shape index (κ3) is 2.15. The van der Waals surface area contributed by atoms with E-state index in [-0.39, 0.29) is 0 Å². The number of carbonyl (C=O) groups excluding carboxylic acids is 1. The summed E-state index contributed by atoms with van der Waals surface area (Å²) in [6, 6.07) is 1.42. The largest absolute Gasteiger partial charge is 0.493 e. The molecule has 0 saturated carbocycles. The van der Waals surface area contributed by atoms with E-state index in [1.165, 1.54) is 0 Å². The van der Waals surface area contributed by atoms with Gasteiger partial charge in [0.05, 0.1) is 12.7 Å². The first-order valence-corrected chi connectivity index (χ1v) is 4.23. The molecule has 1 aromatic rings. The summed E-state index contributed by atoms with van der Waals surface area (Å²) in [5.74, 6) is -2.91. The summed E-state index contributed by atoms with van der Waals surface area (Å²) in [6.45, 7) is 1.06. The van der Waals surface area contributed by atoms with E-state index < -0.39 is 34.7 Å². The fourth-order valence-electron chi connectivity index (χ4n) is 1.25. The molecule has 0 radical (unpaired) electrons. The van der Waals surface area contributed by atoms with Crippen molar-refractivity contribution in [2.45, 2.75) is 13.1 Å². The zero-order valence-corrected chi connectivity index (χ0v) is 8.48. The molecule has 0 saturated heterocycles. The second-order valence-corrected chi connectivity index (χ2v) is 3.06. The molecule has 6 heteroatoms. The zero-order chi connectivity index (χ0) is 12.5. The van der Waals surface area contributed by atoms with Gasteiger partial charge in [-0.25, -0.2) is 4.39 Å². The second-order valence-electron chi connectivity index (χ2n) is 3.06. The SMILES string of the molecule is COc1c(C(F)(F)F)ccc(C(C)=O)c1F. The summed E-state index contributed by atoms with van der Waals surface area (Å²) in [5, 5.41) is 0. The number of ketones is 1. The van der Waals surface area contributed by atoms with E-state index in [9.17, 15) is 22.4 Å². The van der Waals surface area contributed by atoms with Crippen LogP contribution in [0.5, 0.6) is 5.75 Å². The maximum atomic E-state index is 13.5. The van der Waals surface area contributed by atoms with E-state index >= 15 is 0 Å². The molecule has 0 heterocycles. The third-order valence-electron chi connectivity index (χ3n) is 1.99. The summed E-state index contributed by atoms with van der Waals surface area (Å²) in [4.78, 5) is 10.9. The number of hydrogen-bond donors (Lipinski definition) is 0. The van der Waals surface area contributed by atoms with Gasteiger partial charge >= 0.3 is 6.18 Å². The minimum absolute atomic E-state index is 0.426. The van der Waals surface area contributed by atoms with Crippen molar-refractivity contribution in [2.24, 2.45) is 0 Å². The maximum Gasteiger partial charge on any atom is 0.420 e. The number of alkyl halides is 3. The Hall–Kier alpha value is -1.59. The Balaban J connectivity index is 3.47. The van der Waals surface area contributed by atoms with Gasteiger partial charge in [0.15, 0.2) is 17.3 Å². The first kappa shape index (κ1) is 12.5. The van der Waals surface area contributed by atoms with E-state index in [1.54, 1.807) is 0 Å². The Morgan fingerprint density at radius 1 is 1.31 bits per heavy atom. The Morgan fingerprint density at radius 2 is 1.88 bits per heavy atom. The van der Waals surface area contributed by atoms with E-state index in [4.69, 9.17) is 0 Å². The summed E-state index contributed by atoms with van der Waals surface area (Å²) >= 11 is 0. The van der Waals surface area contributed by atoms with E-state index in [2.05, 4.69) is 4.74 Å². The van der Waals surface area contributed by atoms with Gasteiger partial charge in [-0.3, -0.25) is 4.79 Å². The number of benzene rings is 1. The van der Waals surface area contributed by atoms with Crippen molar-refractivity contribution in [2.75, 3.05) is 7.11 Å². The van der Waals surface area contributed by atoms with Gasteiger partial charge in [-0.05, 0) is 19.1 Å². The zero-order valence-electron chi connectivity index (χ0n) is 8.48. The molecule has 88 valence electrons. The maximum absolute atomic E-state index is 13.5. The first-order chi connectivity index (χ1) is 7.29. The van der Waals surface area contributed by atoms with Crippen molar-refractivity contribution >= 4 is 5.78 Å². The molecule has 0 unspecified atom stereocenters. The Morgan fingerprint density at radius 3 is 2.25 bits per heavy atom. The number of rotatable bonds is 2. The normalized spacial score (nSPS) is 11.4. The van der Waals surface area contributed by atoms with E-state index in [1.807, 2.05) is 0 Å². The quantitative estimate of drug-likeness (QED) is 0.582. The van der Waals surface area contributed by atoms with Gasteiger partial charge in [0.2, 0.25) is 0 Å². The summed E-state index contributed by atoms with van der Waals surface area (Å²) in [7, 11) is 0.914. The van der Waals surface area contributed by atoms with Crippen LogP contribution in [0, 0.1) is 5.82 Å². The Kier molecular flexibility index (Phi) is 3.21. The topological polar surface area (TPSA) is 26.3 Å². The minimum atomic E-state index is -4.72. The summed E-state index contributed by atoms with van der Waals surface area (Å²) in [6.07, 6.45) is -4.72. The molecule has 0 N–H and O–H groups in total. The Labute approximate surface area is 88.8 Å². The van der Waals surface area contributed by atoms with Gasteiger partial charge in [0, 0.05) is 0 Å². The van der Waals surface area contributed by atoms with E-state index in [0.29, 0.717) is 6.07 Å². The van der Waals surface area contributed by atoms with Gasteiger partial charge in [0.25, 0.3) is 0 Å². The van der Waals surface area contributed by atoms with Crippen LogP contribution >= 0.6 is 0 Å². The lowest BCUT2D eigenvalue weighted by Gasteiger charge is -2.13. The van der Waals surface area contributed by atoms with Crippen molar-refractivity contribution < 1.29 is 27.1 Å². The van der Waals surface area contributed by atoms with Crippen LogP contribution in [0.25, 0.3) is 0 Å². The monoisotopic (exact) mass is 236 g/mol. The van der Waals surface area contributed by atoms with Crippen molar-refractivity contribution in [1.29, 1.82) is 0 Å². The van der Waals surface area contributed by atoms with Crippen LogP contribution in [0.3, 0.4) is 0 Å². The van der Waals surface area contributed by atoms with Gasteiger partial charge < -0.3 is 4.74 Å². The van der Waals surface area contributed by atoms with E-state index in [0.717, 1.165) is 20.1 Å². The molecule has 0 atom stereocenters. The molecule has 2 nitrogen and oxygen atoms in total. The number of Topliss-reactive ketones (excluding diaryl/α,β-unsaturated/α-hetero) is 1. The van der Waals surface area contributed by atoms with Gasteiger partial charge in [-0.1, -0.05) is 0 Å². The molecule has 16 heavy (non-hydrogen) atoms. The number of hydrogen-bond acceptors (Lipinski definition) is 2. The smallest absolute Gasteiger partial charge is 0.420 e. The van der Waals surface area contributed by atoms with Crippen LogP contribution in [0.1, 0.15) is 22.8 Å². The predicted octanol–water partition coefficient (Wildman–Crippen LogP) is 3.06. The number of carbonyl (C=O) groups is 1. The molecule has 0 fully saturated rings. The van der Waals surface area contributed by atoms with Crippen LogP contribution in [0.15, 0.2) is 12.1 Å². The minimum Gasteiger partial charge on any atom is -0.493 e. The van der Waals surface area contributed by atoms with Crippen molar-refractivity contribution in [1.82, 2.24) is 0 Å². The van der Waals surface area contributed by atoms with Crippen LogP contribution in [0.2, 0.25) is 0 Å². The second kappa shape index (κ2) is 4.11. The van der Waals surface area contributed by atoms with Gasteiger partial charge in [-0.2, -0.15) is 13.2 Å². The lowest BCUT2D eigenvalue weighted by Crippen LogP contribution is -2.11. The molecule has 1 aromatic carbocycles. The van der Waals surface area contributed by atoms with Crippen molar-refractivity contribution in [3.05, 3.63) is 29.1 Å². The lowest BCUT2D eigenvalue weighted by atomic mass is 10.1. The highest BCUT2D eigenvalue weighted by Gasteiger charge is 2.36. The molecule has 0 aliphatic carbocycles. The molecule has 0 aliphatic heterocycles. The summed E-state index contributed by atoms with van der Waals surface area (Å²) < 4.78 is 55.1. The van der Waals surface area contributed by atoms with Crippen molar-refractivity contribution in [3.8, 4) is 5.75 Å². The number of methoxy groups -OCH3 is 1. The van der Waals surface area contributed by atoms with Crippen LogP contribution in [0.4, 0.5) is 17.6 Å². The molecule has 0 amide bonds. The van der Waals surface area contributed by atoms with Gasteiger partial charge in [-0.15, -0.1) is 0 Å². The Bertz CT molecular complexity index is 424. The third-order valence-corrected chi connectivity index (χ3v) is 1.99. The van der Waals surface area contributed by atoms with Crippen LogP contribution in [-0.2, 0) is 6.18 Å². The highest BCUT2D eigenvalue weighted by Crippen LogP contribution is 2.38.